The Labute approximate surface area is 147 Å². The normalized spacial score (nSPS) is 10.5. The Morgan fingerprint density at radius 2 is 1.60 bits per heavy atom. The Bertz CT molecular complexity index is 858. The van der Waals surface area contributed by atoms with Crippen molar-refractivity contribution in [3.63, 3.8) is 0 Å². The van der Waals surface area contributed by atoms with Crippen molar-refractivity contribution in [2.75, 3.05) is 5.32 Å². The molecule has 0 spiro atoms. The topological polar surface area (TPSA) is 51.5 Å². The highest BCUT2D eigenvalue weighted by molar-refractivity contribution is 6.02. The quantitative estimate of drug-likeness (QED) is 0.711. The van der Waals surface area contributed by atoms with E-state index in [-0.39, 0.29) is 18.3 Å². The highest BCUT2D eigenvalue weighted by Crippen LogP contribution is 2.18. The van der Waals surface area contributed by atoms with E-state index in [1.54, 1.807) is 12.1 Å². The van der Waals surface area contributed by atoms with Gasteiger partial charge in [0.05, 0.1) is 0 Å². The van der Waals surface area contributed by atoms with Gasteiger partial charge in [-0.25, -0.2) is 0 Å². The molecule has 2 aromatic carbocycles. The molecule has 0 aliphatic heterocycles. The Morgan fingerprint density at radius 1 is 0.920 bits per heavy atom. The van der Waals surface area contributed by atoms with E-state index in [0.717, 1.165) is 22.6 Å². The molecular weight excluding hydrogens is 314 g/mol. The van der Waals surface area contributed by atoms with Crippen molar-refractivity contribution >= 4 is 11.6 Å². The van der Waals surface area contributed by atoms with E-state index in [1.807, 2.05) is 57.2 Å². The minimum atomic E-state index is -0.272. The van der Waals surface area contributed by atoms with Crippen LogP contribution in [-0.4, -0.2) is 5.91 Å². The molecular formula is C21H21NO3. The zero-order valence-electron chi connectivity index (χ0n) is 14.6. The second kappa shape index (κ2) is 7.26. The summed E-state index contributed by atoms with van der Waals surface area (Å²) in [6, 6.07) is 17.1. The monoisotopic (exact) mass is 335 g/mol. The molecule has 128 valence electrons. The van der Waals surface area contributed by atoms with Gasteiger partial charge < -0.3 is 14.5 Å². The molecule has 1 amide bonds. The van der Waals surface area contributed by atoms with Crippen molar-refractivity contribution in [1.82, 2.24) is 0 Å². The maximum atomic E-state index is 12.3. The first kappa shape index (κ1) is 16.8. The van der Waals surface area contributed by atoms with Gasteiger partial charge >= 0.3 is 0 Å². The van der Waals surface area contributed by atoms with Gasteiger partial charge in [-0.1, -0.05) is 23.8 Å². The molecule has 4 nitrogen and oxygen atoms in total. The van der Waals surface area contributed by atoms with Gasteiger partial charge in [0, 0.05) is 5.69 Å². The average molecular weight is 335 g/mol. The molecule has 1 N–H and O–H groups in total. The fourth-order valence-corrected chi connectivity index (χ4v) is 2.61. The summed E-state index contributed by atoms with van der Waals surface area (Å²) in [4.78, 5) is 12.3. The lowest BCUT2D eigenvalue weighted by molar-refractivity contribution is 0.0992. The van der Waals surface area contributed by atoms with Gasteiger partial charge in [0.2, 0.25) is 0 Å². The lowest BCUT2D eigenvalue weighted by atomic mass is 10.1. The number of aryl methyl sites for hydroxylation is 3. The van der Waals surface area contributed by atoms with Crippen LogP contribution in [0.15, 0.2) is 59.0 Å². The number of hydrogen-bond donors (Lipinski definition) is 1. The number of furan rings is 1. The predicted octanol–water partition coefficient (Wildman–Crippen LogP) is 5.04. The standard InChI is InChI=1S/C21H21NO3/c1-14-4-6-18(7-5-14)24-13-19-8-9-20(25-19)21(23)22-17-11-15(2)10-16(3)12-17/h4-12H,13H2,1-3H3,(H,22,23). The fourth-order valence-electron chi connectivity index (χ4n) is 2.61. The van der Waals surface area contributed by atoms with E-state index >= 15 is 0 Å². The maximum absolute atomic E-state index is 12.3. The van der Waals surface area contributed by atoms with E-state index in [9.17, 15) is 4.79 Å². The first-order valence-corrected chi connectivity index (χ1v) is 8.17. The number of amides is 1. The zero-order valence-corrected chi connectivity index (χ0v) is 14.6. The van der Waals surface area contributed by atoms with Gasteiger partial charge in [-0.15, -0.1) is 0 Å². The van der Waals surface area contributed by atoms with Crippen LogP contribution in [0.25, 0.3) is 0 Å². The third-order valence-corrected chi connectivity index (χ3v) is 3.77. The Hall–Kier alpha value is -3.01. The number of anilines is 1. The molecule has 25 heavy (non-hydrogen) atoms. The second-order valence-electron chi connectivity index (χ2n) is 6.20. The molecule has 1 heterocycles. The lowest BCUT2D eigenvalue weighted by Crippen LogP contribution is -2.11. The summed E-state index contributed by atoms with van der Waals surface area (Å²) in [6.07, 6.45) is 0. The number of nitrogens with one attached hydrogen (secondary N) is 1. The summed E-state index contributed by atoms with van der Waals surface area (Å²) >= 11 is 0. The first-order valence-electron chi connectivity index (χ1n) is 8.17. The number of benzene rings is 2. The zero-order chi connectivity index (χ0) is 17.8. The summed E-state index contributed by atoms with van der Waals surface area (Å²) in [5.74, 6) is 1.36. The molecule has 0 unspecified atom stereocenters. The minimum absolute atomic E-state index is 0.265. The third-order valence-electron chi connectivity index (χ3n) is 3.77. The Kier molecular flexibility index (Phi) is 4.89. The first-order chi connectivity index (χ1) is 12.0. The Morgan fingerprint density at radius 3 is 2.28 bits per heavy atom. The number of rotatable bonds is 5. The second-order valence-corrected chi connectivity index (χ2v) is 6.20. The number of carbonyl (C=O) groups is 1. The van der Waals surface area contributed by atoms with Gasteiger partial charge in [0.1, 0.15) is 18.1 Å². The van der Waals surface area contributed by atoms with Gasteiger partial charge in [0.25, 0.3) is 5.91 Å². The van der Waals surface area contributed by atoms with Crippen molar-refractivity contribution in [1.29, 1.82) is 0 Å². The van der Waals surface area contributed by atoms with Crippen molar-refractivity contribution in [3.05, 3.63) is 82.8 Å². The van der Waals surface area contributed by atoms with Crippen LogP contribution < -0.4 is 10.1 Å². The molecule has 0 saturated carbocycles. The SMILES string of the molecule is Cc1ccc(OCc2ccc(C(=O)Nc3cc(C)cc(C)c3)o2)cc1. The largest absolute Gasteiger partial charge is 0.486 e. The van der Waals surface area contributed by atoms with Crippen molar-refractivity contribution < 1.29 is 13.9 Å². The highest BCUT2D eigenvalue weighted by Gasteiger charge is 2.12. The smallest absolute Gasteiger partial charge is 0.291 e. The van der Waals surface area contributed by atoms with E-state index in [2.05, 4.69) is 11.4 Å². The van der Waals surface area contributed by atoms with Crippen LogP contribution in [0, 0.1) is 20.8 Å². The maximum Gasteiger partial charge on any atom is 0.291 e. The van der Waals surface area contributed by atoms with Crippen LogP contribution in [0.1, 0.15) is 33.0 Å². The molecule has 0 radical (unpaired) electrons. The molecule has 0 atom stereocenters. The van der Waals surface area contributed by atoms with E-state index in [1.165, 1.54) is 5.56 Å². The van der Waals surface area contributed by atoms with E-state index < -0.39 is 0 Å². The van der Waals surface area contributed by atoms with Crippen LogP contribution in [0.3, 0.4) is 0 Å². The third kappa shape index (κ3) is 4.51. The number of ether oxygens (including phenoxy) is 1. The molecule has 0 bridgehead atoms. The molecule has 0 fully saturated rings. The van der Waals surface area contributed by atoms with Crippen molar-refractivity contribution in [2.24, 2.45) is 0 Å². The van der Waals surface area contributed by atoms with Crippen LogP contribution in [-0.2, 0) is 6.61 Å². The van der Waals surface area contributed by atoms with Crippen LogP contribution in [0.4, 0.5) is 5.69 Å². The summed E-state index contributed by atoms with van der Waals surface area (Å²) < 4.78 is 11.3. The van der Waals surface area contributed by atoms with Crippen LogP contribution in [0.2, 0.25) is 0 Å². The molecule has 0 aliphatic rings. The molecule has 1 aromatic heterocycles. The summed E-state index contributed by atoms with van der Waals surface area (Å²) in [6.45, 7) is 6.29. The fraction of sp³-hybridized carbons (Fsp3) is 0.190. The molecule has 4 heteroatoms. The predicted molar refractivity (Wildman–Crippen MR) is 98.1 cm³/mol. The highest BCUT2D eigenvalue weighted by atomic mass is 16.5. The van der Waals surface area contributed by atoms with E-state index in [4.69, 9.17) is 9.15 Å². The van der Waals surface area contributed by atoms with Gasteiger partial charge in [-0.3, -0.25) is 4.79 Å². The summed E-state index contributed by atoms with van der Waals surface area (Å²) in [5.41, 5.74) is 4.14. The summed E-state index contributed by atoms with van der Waals surface area (Å²) in [5, 5.41) is 2.86. The van der Waals surface area contributed by atoms with Gasteiger partial charge in [-0.05, 0) is 68.3 Å². The van der Waals surface area contributed by atoms with Gasteiger partial charge in [0.15, 0.2) is 5.76 Å². The van der Waals surface area contributed by atoms with Crippen molar-refractivity contribution in [2.45, 2.75) is 27.4 Å². The van der Waals surface area contributed by atoms with E-state index in [0.29, 0.717) is 5.76 Å². The van der Waals surface area contributed by atoms with Crippen LogP contribution >= 0.6 is 0 Å². The Balaban J connectivity index is 1.62. The number of carbonyl (C=O) groups excluding carboxylic acids is 1. The molecule has 0 saturated heterocycles. The molecule has 3 aromatic rings. The summed E-state index contributed by atoms with van der Waals surface area (Å²) in [7, 11) is 0. The lowest BCUT2D eigenvalue weighted by Gasteiger charge is -2.06. The van der Waals surface area contributed by atoms with Crippen molar-refractivity contribution in [3.8, 4) is 5.75 Å². The van der Waals surface area contributed by atoms with Gasteiger partial charge in [-0.2, -0.15) is 0 Å². The molecule has 0 aliphatic carbocycles. The number of hydrogen-bond acceptors (Lipinski definition) is 3. The van der Waals surface area contributed by atoms with Crippen LogP contribution in [0.5, 0.6) is 5.75 Å². The average Bonchev–Trinajstić information content (AvgIpc) is 3.02. The molecule has 3 rings (SSSR count). The minimum Gasteiger partial charge on any atom is -0.486 e.